The summed E-state index contributed by atoms with van der Waals surface area (Å²) in [5, 5.41) is 9.41. The molecule has 1 unspecified atom stereocenters. The molecule has 0 aliphatic carbocycles. The van der Waals surface area contributed by atoms with Crippen LogP contribution in [0.2, 0.25) is 0 Å². The van der Waals surface area contributed by atoms with Gasteiger partial charge in [0.15, 0.2) is 0 Å². The predicted octanol–water partition coefficient (Wildman–Crippen LogP) is 1.78. The van der Waals surface area contributed by atoms with Crippen LogP contribution in [-0.4, -0.2) is 54.7 Å². The molecule has 0 radical (unpaired) electrons. The molecule has 2 rings (SSSR count). The number of aromatic carboxylic acids is 1. The fourth-order valence-corrected chi connectivity index (χ4v) is 3.03. The van der Waals surface area contributed by atoms with Crippen molar-refractivity contribution in [2.75, 3.05) is 38.6 Å². The first-order chi connectivity index (χ1) is 9.38. The van der Waals surface area contributed by atoms with E-state index in [4.69, 9.17) is 0 Å². The van der Waals surface area contributed by atoms with Gasteiger partial charge in [-0.05, 0) is 45.8 Å². The minimum Gasteiger partial charge on any atom is -0.478 e. The van der Waals surface area contributed by atoms with E-state index in [9.17, 15) is 9.90 Å². The van der Waals surface area contributed by atoms with Gasteiger partial charge in [-0.1, -0.05) is 0 Å². The molecule has 1 aromatic heterocycles. The summed E-state index contributed by atoms with van der Waals surface area (Å²) >= 11 is 0. The fourth-order valence-electron chi connectivity index (χ4n) is 3.03. The van der Waals surface area contributed by atoms with Gasteiger partial charge >= 0.3 is 5.97 Å². The van der Waals surface area contributed by atoms with Gasteiger partial charge in [-0.3, -0.25) is 4.98 Å². The lowest BCUT2D eigenvalue weighted by molar-refractivity contribution is 0.0696. The topological polar surface area (TPSA) is 56.7 Å². The molecule has 0 spiro atoms. The van der Waals surface area contributed by atoms with Crippen LogP contribution in [0.3, 0.4) is 0 Å². The number of carboxylic acids is 1. The van der Waals surface area contributed by atoms with Crippen molar-refractivity contribution in [3.8, 4) is 0 Å². The van der Waals surface area contributed by atoms with Gasteiger partial charge in [-0.15, -0.1) is 0 Å². The first-order valence-corrected chi connectivity index (χ1v) is 6.99. The Morgan fingerprint density at radius 2 is 2.25 bits per heavy atom. The zero-order valence-corrected chi connectivity index (χ0v) is 12.7. The number of carboxylic acid groups (broad SMARTS) is 1. The van der Waals surface area contributed by atoms with Crippen LogP contribution in [0.5, 0.6) is 0 Å². The molecule has 110 valence electrons. The Labute approximate surface area is 120 Å². The van der Waals surface area contributed by atoms with Crippen LogP contribution >= 0.6 is 0 Å². The van der Waals surface area contributed by atoms with Crippen LogP contribution in [0.4, 0.5) is 5.69 Å². The largest absolute Gasteiger partial charge is 0.478 e. The highest BCUT2D eigenvalue weighted by Crippen LogP contribution is 2.25. The molecule has 5 nitrogen and oxygen atoms in total. The minimum atomic E-state index is -0.902. The average Bonchev–Trinajstić information content (AvgIpc) is 2.72. The monoisotopic (exact) mass is 277 g/mol. The summed E-state index contributed by atoms with van der Waals surface area (Å²) < 4.78 is 0. The van der Waals surface area contributed by atoms with Crippen molar-refractivity contribution in [1.29, 1.82) is 0 Å². The summed E-state index contributed by atoms with van der Waals surface area (Å²) in [4.78, 5) is 20.1. The second kappa shape index (κ2) is 5.79. The first kappa shape index (κ1) is 14.8. The maximum absolute atomic E-state index is 11.5. The maximum atomic E-state index is 11.5. The van der Waals surface area contributed by atoms with Crippen LogP contribution in [0.1, 0.15) is 28.2 Å². The van der Waals surface area contributed by atoms with Gasteiger partial charge < -0.3 is 14.9 Å². The fraction of sp³-hybridized carbons (Fsp3) is 0.600. The average molecular weight is 277 g/mol. The number of anilines is 1. The molecule has 1 N–H and O–H groups in total. The van der Waals surface area contributed by atoms with Gasteiger partial charge in [0.05, 0.1) is 11.4 Å². The molecule has 1 aliphatic heterocycles. The smallest absolute Gasteiger partial charge is 0.339 e. The normalized spacial score (nSPS) is 19.3. The van der Waals surface area contributed by atoms with E-state index >= 15 is 0 Å². The van der Waals surface area contributed by atoms with Crippen LogP contribution in [0.25, 0.3) is 0 Å². The molecular weight excluding hydrogens is 254 g/mol. The summed E-state index contributed by atoms with van der Waals surface area (Å²) in [5.41, 5.74) is 2.54. The third kappa shape index (κ3) is 3.10. The van der Waals surface area contributed by atoms with Crippen LogP contribution in [0.15, 0.2) is 6.07 Å². The van der Waals surface area contributed by atoms with Crippen molar-refractivity contribution in [1.82, 2.24) is 9.88 Å². The Morgan fingerprint density at radius 1 is 1.55 bits per heavy atom. The molecular formula is C15H23N3O2. The Morgan fingerprint density at radius 3 is 2.80 bits per heavy atom. The van der Waals surface area contributed by atoms with Crippen molar-refractivity contribution in [2.45, 2.75) is 20.3 Å². The zero-order chi connectivity index (χ0) is 14.9. The molecule has 5 heteroatoms. The molecule has 1 fully saturated rings. The molecule has 1 aromatic rings. The Balaban J connectivity index is 2.24. The van der Waals surface area contributed by atoms with Crippen LogP contribution < -0.4 is 4.90 Å². The van der Waals surface area contributed by atoms with E-state index in [1.165, 1.54) is 6.42 Å². The number of hydrogen-bond acceptors (Lipinski definition) is 4. The molecule has 0 saturated carbocycles. The number of nitrogens with zero attached hydrogens (tertiary/aromatic N) is 3. The standard InChI is InChI=1S/C15H23N3O2/c1-10-7-13(14(15(19)20)11(2)16-10)18(4)9-12-5-6-17(3)8-12/h7,12H,5-6,8-9H2,1-4H3,(H,19,20). The number of rotatable bonds is 4. The molecule has 1 atom stereocenters. The van der Waals surface area contributed by atoms with Crippen LogP contribution in [-0.2, 0) is 0 Å². The van der Waals surface area contributed by atoms with Crippen molar-refractivity contribution in [3.05, 3.63) is 23.0 Å². The molecule has 1 aliphatic rings. The summed E-state index contributed by atoms with van der Waals surface area (Å²) in [6, 6.07) is 1.87. The molecule has 0 amide bonds. The molecule has 20 heavy (non-hydrogen) atoms. The Bertz CT molecular complexity index is 516. The van der Waals surface area contributed by atoms with Gasteiger partial charge in [-0.2, -0.15) is 0 Å². The Hall–Kier alpha value is -1.62. The number of aromatic nitrogens is 1. The lowest BCUT2D eigenvalue weighted by Crippen LogP contribution is -2.29. The van der Waals surface area contributed by atoms with E-state index in [1.54, 1.807) is 6.92 Å². The number of hydrogen-bond donors (Lipinski definition) is 1. The van der Waals surface area contributed by atoms with Crippen molar-refractivity contribution in [3.63, 3.8) is 0 Å². The number of aryl methyl sites for hydroxylation is 2. The lowest BCUT2D eigenvalue weighted by Gasteiger charge is -2.25. The zero-order valence-electron chi connectivity index (χ0n) is 12.7. The third-order valence-corrected chi connectivity index (χ3v) is 3.95. The molecule has 0 aromatic carbocycles. The predicted molar refractivity (Wildman–Crippen MR) is 79.5 cm³/mol. The van der Waals surface area contributed by atoms with E-state index in [1.807, 2.05) is 20.0 Å². The van der Waals surface area contributed by atoms with Crippen molar-refractivity contribution >= 4 is 11.7 Å². The Kier molecular flexibility index (Phi) is 4.28. The summed E-state index contributed by atoms with van der Waals surface area (Å²) in [6.07, 6.45) is 1.17. The molecule has 1 saturated heterocycles. The second-order valence-corrected chi connectivity index (χ2v) is 5.85. The van der Waals surface area contributed by atoms with Crippen molar-refractivity contribution < 1.29 is 9.90 Å². The minimum absolute atomic E-state index is 0.324. The highest BCUT2D eigenvalue weighted by molar-refractivity contribution is 5.95. The quantitative estimate of drug-likeness (QED) is 0.909. The van der Waals surface area contributed by atoms with E-state index in [-0.39, 0.29) is 0 Å². The highest BCUT2D eigenvalue weighted by atomic mass is 16.4. The van der Waals surface area contributed by atoms with E-state index in [0.29, 0.717) is 17.2 Å². The van der Waals surface area contributed by atoms with Crippen molar-refractivity contribution in [2.24, 2.45) is 5.92 Å². The third-order valence-electron chi connectivity index (χ3n) is 3.95. The van der Waals surface area contributed by atoms with Gasteiger partial charge in [0, 0.05) is 25.8 Å². The van der Waals surface area contributed by atoms with Gasteiger partial charge in [-0.25, -0.2) is 4.79 Å². The second-order valence-electron chi connectivity index (χ2n) is 5.85. The molecule has 0 bridgehead atoms. The number of pyridine rings is 1. The SMILES string of the molecule is Cc1cc(N(C)CC2CCN(C)C2)c(C(=O)O)c(C)n1. The summed E-state index contributed by atoms with van der Waals surface area (Å²) in [7, 11) is 4.10. The number of carbonyl (C=O) groups is 1. The lowest BCUT2D eigenvalue weighted by atomic mass is 10.1. The van der Waals surface area contributed by atoms with Crippen LogP contribution in [0, 0.1) is 19.8 Å². The van der Waals surface area contributed by atoms with E-state index in [0.717, 1.165) is 31.0 Å². The van der Waals surface area contributed by atoms with Gasteiger partial charge in [0.1, 0.15) is 5.56 Å². The molecule has 2 heterocycles. The number of likely N-dealkylation sites (tertiary alicyclic amines) is 1. The highest BCUT2D eigenvalue weighted by Gasteiger charge is 2.24. The van der Waals surface area contributed by atoms with E-state index in [2.05, 4.69) is 21.8 Å². The van der Waals surface area contributed by atoms with Gasteiger partial charge in [0.25, 0.3) is 0 Å². The summed E-state index contributed by atoms with van der Waals surface area (Å²) in [6.45, 7) is 6.75. The van der Waals surface area contributed by atoms with E-state index < -0.39 is 5.97 Å². The first-order valence-electron chi connectivity index (χ1n) is 6.99. The summed E-state index contributed by atoms with van der Waals surface area (Å²) in [5.74, 6) is -0.305. The van der Waals surface area contributed by atoms with Gasteiger partial charge in [0.2, 0.25) is 0 Å². The maximum Gasteiger partial charge on any atom is 0.339 e.